The number of nitrogens with zero attached hydrogens (tertiary/aromatic N) is 1. The van der Waals surface area contributed by atoms with E-state index in [1.165, 1.54) is 10.4 Å². The Balaban J connectivity index is 1.28. The van der Waals surface area contributed by atoms with Gasteiger partial charge < -0.3 is 37.6 Å². The Hall–Kier alpha value is -6.82. The molecule has 11 heteroatoms. The number of benzene rings is 6. The van der Waals surface area contributed by atoms with Crippen molar-refractivity contribution >= 4 is 57.7 Å². The maximum absolute atomic E-state index is 16.1. The fraction of sp³-hybridized carbons (Fsp3) is 0.273. The molecular formula is C55H55NO9Si. The molecule has 0 fully saturated rings. The Morgan fingerprint density at radius 1 is 0.621 bits per heavy atom. The van der Waals surface area contributed by atoms with Crippen molar-refractivity contribution in [1.29, 1.82) is 0 Å². The van der Waals surface area contributed by atoms with E-state index in [4.69, 9.17) is 42.6 Å². The Morgan fingerprint density at radius 2 is 1.20 bits per heavy atom. The first-order valence-electron chi connectivity index (χ1n) is 22.0. The largest absolute Gasteiger partial charge is 0.496 e. The SMILES string of the molecule is COc1cc(OC)c2c(OC)c3c(c(OC)c2c1OC)/C(=C\c1ccccc1)C1(CCc2cc4cc(CO[Si](c5ccccc5)(c5ccccc5)C(C)(C)C)nc(OC)c4c(OC)c21)C3=O. The van der Waals surface area contributed by atoms with E-state index >= 15 is 4.79 Å². The Kier molecular flexibility index (Phi) is 11.6. The average Bonchev–Trinajstić information content (AvgIpc) is 3.83. The van der Waals surface area contributed by atoms with E-state index in [9.17, 15) is 0 Å². The number of rotatable bonds is 13. The van der Waals surface area contributed by atoms with Crippen molar-refractivity contribution in [2.75, 3.05) is 49.8 Å². The number of aromatic nitrogens is 1. The minimum absolute atomic E-state index is 0.146. The lowest BCUT2D eigenvalue weighted by Crippen LogP contribution is -2.66. The van der Waals surface area contributed by atoms with Crippen LogP contribution in [0.15, 0.2) is 109 Å². The van der Waals surface area contributed by atoms with E-state index < -0.39 is 13.7 Å². The van der Waals surface area contributed by atoms with E-state index in [0.29, 0.717) is 80.5 Å². The molecule has 0 saturated heterocycles. The number of carbonyl (C=O) groups is 1. The predicted octanol–water partition coefficient (Wildman–Crippen LogP) is 10.1. The van der Waals surface area contributed by atoms with Gasteiger partial charge in [-0.1, -0.05) is 118 Å². The number of ether oxygens (including phenoxy) is 7. The van der Waals surface area contributed by atoms with Gasteiger partial charge in [0.15, 0.2) is 17.3 Å². The number of allylic oxidation sites excluding steroid dienone is 1. The highest BCUT2D eigenvalue weighted by atomic mass is 28.4. The van der Waals surface area contributed by atoms with Gasteiger partial charge in [-0.25, -0.2) is 4.98 Å². The Labute approximate surface area is 387 Å². The third-order valence-electron chi connectivity index (χ3n) is 13.5. The smallest absolute Gasteiger partial charge is 0.261 e. The number of pyridine rings is 1. The molecule has 66 heavy (non-hydrogen) atoms. The van der Waals surface area contributed by atoms with E-state index in [1.807, 2.05) is 42.5 Å². The van der Waals surface area contributed by atoms with Crippen molar-refractivity contribution in [3.63, 3.8) is 0 Å². The van der Waals surface area contributed by atoms with Crippen molar-refractivity contribution in [1.82, 2.24) is 4.98 Å². The van der Waals surface area contributed by atoms with E-state index in [0.717, 1.165) is 33.3 Å². The molecule has 0 aliphatic heterocycles. The predicted molar refractivity (Wildman–Crippen MR) is 263 cm³/mol. The van der Waals surface area contributed by atoms with Gasteiger partial charge in [0, 0.05) is 17.2 Å². The number of aryl methyl sites for hydroxylation is 1. The van der Waals surface area contributed by atoms with Crippen LogP contribution in [-0.4, -0.2) is 68.9 Å². The first-order chi connectivity index (χ1) is 32.0. The average molecular weight is 902 g/mol. The minimum Gasteiger partial charge on any atom is -0.496 e. The lowest BCUT2D eigenvalue weighted by atomic mass is 9.73. The van der Waals surface area contributed by atoms with Gasteiger partial charge in [0.2, 0.25) is 5.88 Å². The van der Waals surface area contributed by atoms with Gasteiger partial charge in [-0.2, -0.15) is 0 Å². The van der Waals surface area contributed by atoms with E-state index in [1.54, 1.807) is 55.8 Å². The summed E-state index contributed by atoms with van der Waals surface area (Å²) in [7, 11) is 8.24. The van der Waals surface area contributed by atoms with Crippen LogP contribution in [-0.2, 0) is 22.9 Å². The van der Waals surface area contributed by atoms with Crippen molar-refractivity contribution < 1.29 is 42.4 Å². The molecule has 338 valence electrons. The summed E-state index contributed by atoms with van der Waals surface area (Å²) in [6.07, 6.45) is 3.11. The topological polar surface area (TPSA) is 104 Å². The number of methoxy groups -OCH3 is 7. The Bertz CT molecular complexity index is 3000. The number of ketones is 1. The van der Waals surface area contributed by atoms with Crippen LogP contribution in [0.3, 0.4) is 0 Å². The lowest BCUT2D eigenvalue weighted by Gasteiger charge is -2.43. The fourth-order valence-electron chi connectivity index (χ4n) is 10.8. The maximum Gasteiger partial charge on any atom is 0.261 e. The van der Waals surface area contributed by atoms with Crippen LogP contribution in [0, 0.1) is 0 Å². The summed E-state index contributed by atoms with van der Waals surface area (Å²) in [4.78, 5) is 21.2. The van der Waals surface area contributed by atoms with Gasteiger partial charge in [0.25, 0.3) is 8.32 Å². The number of hydrogen-bond acceptors (Lipinski definition) is 10. The van der Waals surface area contributed by atoms with Crippen LogP contribution in [0.2, 0.25) is 5.04 Å². The summed E-state index contributed by atoms with van der Waals surface area (Å²) in [6.45, 7) is 7.03. The Morgan fingerprint density at radius 3 is 1.74 bits per heavy atom. The molecule has 1 heterocycles. The van der Waals surface area contributed by atoms with Crippen LogP contribution in [0.25, 0.3) is 33.2 Å². The quantitative estimate of drug-likeness (QED) is 0.104. The van der Waals surface area contributed by atoms with Gasteiger partial charge >= 0.3 is 0 Å². The molecule has 0 amide bonds. The standard InChI is InChI=1S/C55H55NO9Si/c1-54(2,3)66(37-22-16-12-17-23-37,38-24-18-13-19-25-38)65-32-36-30-35-29-34-26-27-55(47(34)51(63-9)42(35)53(56-36)64-10)39(28-33-20-14-11-15-21-33)43-46(52(55)57)50(62-8)44-40(58-4)31-41(59-5)48(60-6)45(44)49(43)61-7/h11-25,28-31H,26-27,32H2,1-10H3/b39-28+. The zero-order chi connectivity index (χ0) is 46.5. The molecule has 0 saturated carbocycles. The van der Waals surface area contributed by atoms with Gasteiger partial charge in [0.05, 0.1) is 89.2 Å². The van der Waals surface area contributed by atoms with E-state index in [2.05, 4.69) is 87.5 Å². The highest BCUT2D eigenvalue weighted by Gasteiger charge is 2.59. The third-order valence-corrected chi connectivity index (χ3v) is 18.5. The summed E-state index contributed by atoms with van der Waals surface area (Å²) in [6, 6.07) is 37.1. The molecule has 9 rings (SSSR count). The molecule has 6 aromatic carbocycles. The lowest BCUT2D eigenvalue weighted by molar-refractivity contribution is 0.0929. The molecule has 2 aliphatic carbocycles. The molecule has 0 radical (unpaired) electrons. The highest BCUT2D eigenvalue weighted by Crippen LogP contribution is 2.65. The second-order valence-corrected chi connectivity index (χ2v) is 22.0. The number of hydrogen-bond donors (Lipinski definition) is 0. The molecule has 0 bridgehead atoms. The van der Waals surface area contributed by atoms with Gasteiger partial charge in [-0.15, -0.1) is 0 Å². The maximum atomic E-state index is 16.1. The second-order valence-electron chi connectivity index (χ2n) is 17.7. The summed E-state index contributed by atoms with van der Waals surface area (Å²) >= 11 is 0. The highest BCUT2D eigenvalue weighted by molar-refractivity contribution is 6.99. The number of carbonyl (C=O) groups excluding carboxylic acids is 1. The van der Waals surface area contributed by atoms with Gasteiger partial charge in [0.1, 0.15) is 23.0 Å². The number of Topliss-reactive ketones (excluding diaryl/α,β-unsaturated/α-hetero) is 1. The van der Waals surface area contributed by atoms with Crippen molar-refractivity contribution in [3.05, 3.63) is 143 Å². The van der Waals surface area contributed by atoms with Crippen LogP contribution in [0.5, 0.6) is 40.4 Å². The van der Waals surface area contributed by atoms with Crippen molar-refractivity contribution in [2.45, 2.75) is 50.7 Å². The van der Waals surface area contributed by atoms with Crippen molar-refractivity contribution in [2.24, 2.45) is 0 Å². The normalized spacial score (nSPS) is 16.2. The molecule has 10 nitrogen and oxygen atoms in total. The molecule has 1 unspecified atom stereocenters. The summed E-state index contributed by atoms with van der Waals surface area (Å²) in [5.74, 6) is 2.80. The first kappa shape index (κ1) is 44.4. The molecule has 2 aliphatic rings. The molecule has 0 N–H and O–H groups in total. The summed E-state index contributed by atoms with van der Waals surface area (Å²) in [5, 5.41) is 4.74. The zero-order valence-electron chi connectivity index (χ0n) is 39.2. The molecule has 7 aromatic rings. The zero-order valence-corrected chi connectivity index (χ0v) is 40.2. The third kappa shape index (κ3) is 6.53. The molecule has 1 aromatic heterocycles. The molecule has 1 spiro atoms. The van der Waals surface area contributed by atoms with Crippen LogP contribution in [0.4, 0.5) is 0 Å². The summed E-state index contributed by atoms with van der Waals surface area (Å²) in [5.41, 5.74) is 3.83. The van der Waals surface area contributed by atoms with Crippen LogP contribution >= 0.6 is 0 Å². The molecule has 1 atom stereocenters. The van der Waals surface area contributed by atoms with Crippen LogP contribution < -0.4 is 43.5 Å². The van der Waals surface area contributed by atoms with Gasteiger partial charge in [-0.05, 0) is 62.5 Å². The van der Waals surface area contributed by atoms with E-state index in [-0.39, 0.29) is 17.4 Å². The first-order valence-corrected chi connectivity index (χ1v) is 23.9. The fourth-order valence-corrected chi connectivity index (χ4v) is 15.4. The van der Waals surface area contributed by atoms with Gasteiger partial charge in [-0.3, -0.25) is 4.79 Å². The second kappa shape index (κ2) is 17.2. The number of fused-ring (bicyclic) bond motifs is 5. The van der Waals surface area contributed by atoms with Crippen LogP contribution in [0.1, 0.15) is 65.5 Å². The van der Waals surface area contributed by atoms with Crippen molar-refractivity contribution in [3.8, 4) is 40.4 Å². The summed E-state index contributed by atoms with van der Waals surface area (Å²) < 4.78 is 50.6. The molecular weight excluding hydrogens is 847 g/mol. The minimum atomic E-state index is -2.91. The monoisotopic (exact) mass is 901 g/mol.